The normalized spacial score (nSPS) is 13.4. The molecule has 7 nitrogen and oxygen atoms in total. The molecule has 7 heteroatoms. The van der Waals surface area contributed by atoms with Crippen LogP contribution in [0.4, 0.5) is 4.79 Å². The Balaban J connectivity index is 2.61. The van der Waals surface area contributed by atoms with E-state index in [4.69, 9.17) is 14.2 Å². The lowest BCUT2D eigenvalue weighted by atomic mass is 10.0. The summed E-state index contributed by atoms with van der Waals surface area (Å²) in [7, 11) is 0. The number of hydrogen-bond acceptors (Lipinski definition) is 6. The highest BCUT2D eigenvalue weighted by atomic mass is 16.6. The highest BCUT2D eigenvalue weighted by Crippen LogP contribution is 2.12. The van der Waals surface area contributed by atoms with Gasteiger partial charge in [-0.1, -0.05) is 44.2 Å². The van der Waals surface area contributed by atoms with Crippen LogP contribution in [0.25, 0.3) is 0 Å². The molecule has 0 aliphatic rings. The highest BCUT2D eigenvalue weighted by molar-refractivity contribution is 5.84. The van der Waals surface area contributed by atoms with Crippen molar-refractivity contribution in [3.05, 3.63) is 35.9 Å². The molecule has 0 aromatic heterocycles. The van der Waals surface area contributed by atoms with Crippen molar-refractivity contribution in [2.75, 3.05) is 0 Å². The molecule has 156 valence electrons. The van der Waals surface area contributed by atoms with Crippen molar-refractivity contribution >= 4 is 18.0 Å². The SMILES string of the molecule is CC(C)C[C@H](NC(=O)OC(C)(C)C)C(=O)O[C@@H](C)C(=O)OCc1ccccc1. The number of carbonyl (C=O) groups is 3. The molecule has 0 heterocycles. The lowest BCUT2D eigenvalue weighted by Gasteiger charge is -2.24. The van der Waals surface area contributed by atoms with Crippen LogP contribution in [0.1, 0.15) is 53.5 Å². The van der Waals surface area contributed by atoms with E-state index in [1.54, 1.807) is 20.8 Å². The first-order valence-corrected chi connectivity index (χ1v) is 9.38. The first-order valence-electron chi connectivity index (χ1n) is 9.38. The van der Waals surface area contributed by atoms with Crippen molar-refractivity contribution in [3.63, 3.8) is 0 Å². The fraction of sp³-hybridized carbons (Fsp3) is 0.571. The molecule has 1 rings (SSSR count). The Morgan fingerprint density at radius 2 is 1.61 bits per heavy atom. The Morgan fingerprint density at radius 3 is 2.14 bits per heavy atom. The van der Waals surface area contributed by atoms with Crippen molar-refractivity contribution in [2.24, 2.45) is 5.92 Å². The van der Waals surface area contributed by atoms with Crippen molar-refractivity contribution < 1.29 is 28.6 Å². The predicted octanol–water partition coefficient (Wildman–Crippen LogP) is 3.60. The van der Waals surface area contributed by atoms with Crippen molar-refractivity contribution in [2.45, 2.75) is 72.3 Å². The van der Waals surface area contributed by atoms with Gasteiger partial charge in [0.05, 0.1) is 0 Å². The summed E-state index contributed by atoms with van der Waals surface area (Å²) in [5.74, 6) is -1.24. The third-order valence-electron chi connectivity index (χ3n) is 3.53. The minimum Gasteiger partial charge on any atom is -0.458 e. The molecular formula is C21H31NO6. The van der Waals surface area contributed by atoms with Gasteiger partial charge in [-0.25, -0.2) is 14.4 Å². The molecule has 0 saturated carbocycles. The van der Waals surface area contributed by atoms with E-state index >= 15 is 0 Å². The Labute approximate surface area is 166 Å². The van der Waals surface area contributed by atoms with Crippen molar-refractivity contribution in [3.8, 4) is 0 Å². The van der Waals surface area contributed by atoms with Crippen LogP contribution in [0, 0.1) is 5.92 Å². The monoisotopic (exact) mass is 393 g/mol. The Morgan fingerprint density at radius 1 is 1.00 bits per heavy atom. The second-order valence-electron chi connectivity index (χ2n) is 8.00. The molecule has 1 aromatic rings. The van der Waals surface area contributed by atoms with Gasteiger partial charge in [0.25, 0.3) is 0 Å². The number of hydrogen-bond donors (Lipinski definition) is 1. The van der Waals surface area contributed by atoms with E-state index in [0.29, 0.717) is 6.42 Å². The van der Waals surface area contributed by atoms with E-state index in [2.05, 4.69) is 5.32 Å². The molecule has 0 saturated heterocycles. The smallest absolute Gasteiger partial charge is 0.408 e. The summed E-state index contributed by atoms with van der Waals surface area (Å²) < 4.78 is 15.6. The van der Waals surface area contributed by atoms with Crippen molar-refractivity contribution in [1.29, 1.82) is 0 Å². The van der Waals surface area contributed by atoms with Gasteiger partial charge in [0.1, 0.15) is 18.2 Å². The molecule has 0 bridgehead atoms. The number of rotatable bonds is 8. The van der Waals surface area contributed by atoms with Gasteiger partial charge in [0, 0.05) is 0 Å². The minimum atomic E-state index is -1.09. The molecule has 1 N–H and O–H groups in total. The fourth-order valence-electron chi connectivity index (χ4n) is 2.29. The quantitative estimate of drug-likeness (QED) is 0.536. The van der Waals surface area contributed by atoms with Crippen LogP contribution in [0.15, 0.2) is 30.3 Å². The summed E-state index contributed by atoms with van der Waals surface area (Å²) in [6.45, 7) is 10.5. The highest BCUT2D eigenvalue weighted by Gasteiger charge is 2.29. The van der Waals surface area contributed by atoms with E-state index in [-0.39, 0.29) is 12.5 Å². The largest absolute Gasteiger partial charge is 0.458 e. The number of alkyl carbamates (subject to hydrolysis) is 1. The second-order valence-corrected chi connectivity index (χ2v) is 8.00. The molecule has 0 fully saturated rings. The number of ether oxygens (including phenoxy) is 3. The zero-order valence-electron chi connectivity index (χ0n) is 17.5. The van der Waals surface area contributed by atoms with Crippen molar-refractivity contribution in [1.82, 2.24) is 5.32 Å². The van der Waals surface area contributed by atoms with Gasteiger partial charge >= 0.3 is 18.0 Å². The van der Waals surface area contributed by atoms with Crippen LogP contribution < -0.4 is 5.32 Å². The van der Waals surface area contributed by atoms with Crippen LogP contribution in [0.2, 0.25) is 0 Å². The summed E-state index contributed by atoms with van der Waals surface area (Å²) in [5.41, 5.74) is 0.143. The molecule has 2 atom stereocenters. The zero-order valence-corrected chi connectivity index (χ0v) is 17.5. The summed E-state index contributed by atoms with van der Waals surface area (Å²) in [4.78, 5) is 36.6. The first-order chi connectivity index (χ1) is 13.0. The van der Waals surface area contributed by atoms with Gasteiger partial charge < -0.3 is 19.5 Å². The Hall–Kier alpha value is -2.57. The molecule has 0 aliphatic heterocycles. The Bertz CT molecular complexity index is 651. The predicted molar refractivity (Wildman–Crippen MR) is 104 cm³/mol. The van der Waals surface area contributed by atoms with Gasteiger partial charge in [-0.2, -0.15) is 0 Å². The third-order valence-corrected chi connectivity index (χ3v) is 3.53. The maximum Gasteiger partial charge on any atom is 0.408 e. The molecule has 28 heavy (non-hydrogen) atoms. The lowest BCUT2D eigenvalue weighted by Crippen LogP contribution is -2.46. The van der Waals surface area contributed by atoms with Gasteiger partial charge in [0.15, 0.2) is 6.10 Å². The number of benzene rings is 1. The van der Waals surface area contributed by atoms with Crippen LogP contribution >= 0.6 is 0 Å². The third kappa shape index (κ3) is 9.39. The van der Waals surface area contributed by atoms with E-state index in [0.717, 1.165) is 5.56 Å². The molecule has 0 radical (unpaired) electrons. The van der Waals surface area contributed by atoms with E-state index in [1.165, 1.54) is 6.92 Å². The van der Waals surface area contributed by atoms with Crippen LogP contribution in [0.3, 0.4) is 0 Å². The van der Waals surface area contributed by atoms with Gasteiger partial charge in [0.2, 0.25) is 0 Å². The molecular weight excluding hydrogens is 362 g/mol. The molecule has 0 aliphatic carbocycles. The molecule has 1 amide bonds. The number of nitrogens with one attached hydrogen (secondary N) is 1. The van der Waals surface area contributed by atoms with Gasteiger partial charge in [-0.15, -0.1) is 0 Å². The maximum atomic E-state index is 12.5. The topological polar surface area (TPSA) is 90.9 Å². The van der Waals surface area contributed by atoms with E-state index < -0.39 is 35.8 Å². The number of esters is 2. The van der Waals surface area contributed by atoms with Gasteiger partial charge in [-0.05, 0) is 45.6 Å². The van der Waals surface area contributed by atoms with E-state index in [9.17, 15) is 14.4 Å². The number of carbonyl (C=O) groups excluding carboxylic acids is 3. The molecule has 0 unspecified atom stereocenters. The average Bonchev–Trinajstić information content (AvgIpc) is 2.57. The second kappa shape index (κ2) is 10.7. The molecule has 0 spiro atoms. The summed E-state index contributed by atoms with van der Waals surface area (Å²) in [5, 5.41) is 2.52. The van der Waals surface area contributed by atoms with Crippen LogP contribution in [0.5, 0.6) is 0 Å². The first kappa shape index (κ1) is 23.5. The standard InChI is InChI=1S/C21H31NO6/c1-14(2)12-17(22-20(25)28-21(4,5)6)19(24)27-15(3)18(23)26-13-16-10-8-7-9-11-16/h7-11,14-15,17H,12-13H2,1-6H3,(H,22,25)/t15-,17-/m0/s1. The number of amides is 1. The van der Waals surface area contributed by atoms with E-state index in [1.807, 2.05) is 44.2 Å². The summed E-state index contributed by atoms with van der Waals surface area (Å²) in [6, 6.07) is 8.28. The summed E-state index contributed by atoms with van der Waals surface area (Å²) in [6.07, 6.45) is -1.45. The minimum absolute atomic E-state index is 0.0904. The Kier molecular flexibility index (Phi) is 8.96. The maximum absolute atomic E-state index is 12.5. The van der Waals surface area contributed by atoms with Crippen LogP contribution in [-0.2, 0) is 30.4 Å². The summed E-state index contributed by atoms with van der Waals surface area (Å²) >= 11 is 0. The zero-order chi connectivity index (χ0) is 21.3. The van der Waals surface area contributed by atoms with Crippen LogP contribution in [-0.4, -0.2) is 35.8 Å². The average molecular weight is 393 g/mol. The fourth-order valence-corrected chi connectivity index (χ4v) is 2.29. The lowest BCUT2D eigenvalue weighted by molar-refractivity contribution is -0.168. The molecule has 1 aromatic carbocycles. The van der Waals surface area contributed by atoms with Gasteiger partial charge in [-0.3, -0.25) is 0 Å².